The summed E-state index contributed by atoms with van der Waals surface area (Å²) in [5, 5.41) is 24.9. The number of aromatic hydroxyl groups is 1. The fourth-order valence-corrected chi connectivity index (χ4v) is 3.21. The maximum atomic E-state index is 11.6. The van der Waals surface area contributed by atoms with Crippen LogP contribution < -0.4 is 21.5 Å². The number of benzene rings is 2. The van der Waals surface area contributed by atoms with Gasteiger partial charge in [0.2, 0.25) is 0 Å². The molecule has 2 rings (SSSR count). The molecule has 6 N–H and O–H groups in total. The van der Waals surface area contributed by atoms with Gasteiger partial charge in [0.25, 0.3) is 10.1 Å². The minimum absolute atomic E-state index is 0.0425. The van der Waals surface area contributed by atoms with Gasteiger partial charge in [-0.2, -0.15) is 18.6 Å². The van der Waals surface area contributed by atoms with E-state index in [0.29, 0.717) is 21.9 Å². The lowest BCUT2D eigenvalue weighted by Gasteiger charge is -2.14. The lowest BCUT2D eigenvalue weighted by molar-refractivity contribution is 0.469. The molecule has 0 heterocycles. The van der Waals surface area contributed by atoms with Crippen molar-refractivity contribution in [2.75, 3.05) is 12.4 Å². The Morgan fingerprint density at radius 1 is 1.00 bits per heavy atom. The van der Waals surface area contributed by atoms with Crippen molar-refractivity contribution in [1.82, 2.24) is 16.2 Å². The Balaban J connectivity index is 2.26. The molecule has 30 heavy (non-hydrogen) atoms. The first-order valence-electron chi connectivity index (χ1n) is 8.40. The van der Waals surface area contributed by atoms with Gasteiger partial charge in [0.1, 0.15) is 10.6 Å². The SMILES string of the molecule is CNC(=S)NN=C(C)C(C)=NNC(=S)Nc1c(O)cc(S(=O)(=O)O)c2ccccc12. The average molecular weight is 469 g/mol. The minimum Gasteiger partial charge on any atom is -0.506 e. The lowest BCUT2D eigenvalue weighted by atomic mass is 10.1. The molecule has 0 amide bonds. The molecule has 0 unspecified atom stereocenters. The highest BCUT2D eigenvalue weighted by Gasteiger charge is 2.19. The number of hydrogen-bond donors (Lipinski definition) is 6. The molecule has 0 radical (unpaired) electrons. The largest absolute Gasteiger partial charge is 0.506 e. The lowest BCUT2D eigenvalue weighted by Crippen LogP contribution is -2.30. The molecule has 0 aromatic heterocycles. The standard InChI is InChI=1S/C17H20N6O4S3/c1-9(20-22-16(28)18-3)10(2)21-23-17(29)19-15-12-7-5-4-6-11(12)14(8-13(15)24)30(25,26)27/h4-8,24H,1-3H3,(H2,18,22,28)(H2,19,23,29)(H,25,26,27). The molecule has 0 saturated heterocycles. The second-order valence-corrected chi connectivity index (χ2v) is 8.15. The van der Waals surface area contributed by atoms with E-state index in [1.165, 1.54) is 6.07 Å². The smallest absolute Gasteiger partial charge is 0.295 e. The molecule has 160 valence electrons. The Labute approximate surface area is 184 Å². The topological polar surface area (TPSA) is 147 Å². The number of fused-ring (bicyclic) bond motifs is 1. The van der Waals surface area contributed by atoms with Gasteiger partial charge < -0.3 is 15.7 Å². The Morgan fingerprint density at radius 2 is 1.53 bits per heavy atom. The number of hydrazone groups is 2. The van der Waals surface area contributed by atoms with Crippen LogP contribution in [-0.2, 0) is 10.1 Å². The zero-order valence-electron chi connectivity index (χ0n) is 16.2. The number of thiocarbonyl (C=S) groups is 2. The Bertz CT molecular complexity index is 1160. The number of phenolic OH excluding ortho intramolecular Hbond substituents is 1. The van der Waals surface area contributed by atoms with Gasteiger partial charge in [-0.05, 0) is 38.3 Å². The van der Waals surface area contributed by atoms with E-state index in [0.717, 1.165) is 6.07 Å². The van der Waals surface area contributed by atoms with Crippen molar-refractivity contribution >= 4 is 72.7 Å². The molecule has 2 aromatic rings. The van der Waals surface area contributed by atoms with Crippen LogP contribution in [0.5, 0.6) is 5.75 Å². The normalized spacial score (nSPS) is 12.4. The van der Waals surface area contributed by atoms with E-state index in [9.17, 15) is 18.1 Å². The van der Waals surface area contributed by atoms with Crippen molar-refractivity contribution < 1.29 is 18.1 Å². The van der Waals surface area contributed by atoms with E-state index >= 15 is 0 Å². The molecule has 0 bridgehead atoms. The highest BCUT2D eigenvalue weighted by molar-refractivity contribution is 7.86. The first-order chi connectivity index (χ1) is 14.0. The molecule has 2 aromatic carbocycles. The third-order valence-electron chi connectivity index (χ3n) is 3.90. The number of phenols is 1. The summed E-state index contributed by atoms with van der Waals surface area (Å²) in [5.74, 6) is -0.409. The monoisotopic (exact) mass is 468 g/mol. The van der Waals surface area contributed by atoms with E-state index in [2.05, 4.69) is 31.7 Å². The summed E-state index contributed by atoms with van der Waals surface area (Å²) in [6.45, 7) is 3.42. The quantitative estimate of drug-likeness (QED) is 0.126. The van der Waals surface area contributed by atoms with Crippen molar-refractivity contribution in [2.45, 2.75) is 18.7 Å². The van der Waals surface area contributed by atoms with Gasteiger partial charge in [-0.1, -0.05) is 24.3 Å². The third-order valence-corrected chi connectivity index (χ3v) is 5.29. The molecule has 13 heteroatoms. The van der Waals surface area contributed by atoms with Gasteiger partial charge in [-0.25, -0.2) is 0 Å². The zero-order valence-corrected chi connectivity index (χ0v) is 18.7. The first-order valence-corrected chi connectivity index (χ1v) is 10.7. The zero-order chi connectivity index (χ0) is 22.5. The summed E-state index contributed by atoms with van der Waals surface area (Å²) in [6, 6.07) is 7.30. The van der Waals surface area contributed by atoms with Gasteiger partial charge in [-0.3, -0.25) is 15.4 Å². The number of rotatable bonds is 5. The molecule has 0 aliphatic heterocycles. The van der Waals surface area contributed by atoms with Crippen molar-refractivity contribution in [3.05, 3.63) is 30.3 Å². The van der Waals surface area contributed by atoms with Gasteiger partial charge >= 0.3 is 0 Å². The van der Waals surface area contributed by atoms with E-state index in [-0.39, 0.29) is 16.2 Å². The van der Waals surface area contributed by atoms with Crippen LogP contribution in [0.4, 0.5) is 5.69 Å². The summed E-state index contributed by atoms with van der Waals surface area (Å²) >= 11 is 10.1. The second-order valence-electron chi connectivity index (χ2n) is 5.94. The minimum atomic E-state index is -4.53. The van der Waals surface area contributed by atoms with Crippen LogP contribution in [0.2, 0.25) is 0 Å². The molecule has 0 aliphatic rings. The van der Waals surface area contributed by atoms with Crippen molar-refractivity contribution in [1.29, 1.82) is 0 Å². The molecule has 10 nitrogen and oxygen atoms in total. The second kappa shape index (κ2) is 9.75. The third kappa shape index (κ3) is 5.82. The van der Waals surface area contributed by atoms with Gasteiger partial charge in [-0.15, -0.1) is 0 Å². The van der Waals surface area contributed by atoms with Gasteiger partial charge in [0.05, 0.1) is 17.1 Å². The molecule has 0 aliphatic carbocycles. The van der Waals surface area contributed by atoms with Gasteiger partial charge in [0.15, 0.2) is 10.2 Å². The number of hydrogen-bond acceptors (Lipinski definition) is 7. The van der Waals surface area contributed by atoms with E-state index in [1.54, 1.807) is 39.1 Å². The van der Waals surface area contributed by atoms with Crippen LogP contribution >= 0.6 is 24.4 Å². The van der Waals surface area contributed by atoms with Crippen LogP contribution in [0, 0.1) is 0 Å². The maximum Gasteiger partial charge on any atom is 0.295 e. The molecule has 0 spiro atoms. The van der Waals surface area contributed by atoms with Crippen LogP contribution in [-0.4, -0.2) is 46.8 Å². The molecular formula is C17H20N6O4S3. The number of nitrogens with zero attached hydrogens (tertiary/aromatic N) is 2. The molecular weight excluding hydrogens is 448 g/mol. The number of anilines is 1. The Hall–Kier alpha value is -2.87. The highest BCUT2D eigenvalue weighted by atomic mass is 32.2. The fourth-order valence-electron chi connectivity index (χ4n) is 2.30. The van der Waals surface area contributed by atoms with Crippen molar-refractivity contribution in [3.8, 4) is 5.75 Å². The summed E-state index contributed by atoms with van der Waals surface area (Å²) in [5.41, 5.74) is 6.48. The first kappa shape index (κ1) is 23.4. The fraction of sp³-hybridized carbons (Fsp3) is 0.176. The maximum absolute atomic E-state index is 11.6. The summed E-state index contributed by atoms with van der Waals surface area (Å²) in [7, 11) is -2.87. The van der Waals surface area contributed by atoms with E-state index in [4.69, 9.17) is 24.4 Å². The Morgan fingerprint density at radius 3 is 2.07 bits per heavy atom. The molecule has 0 atom stereocenters. The van der Waals surface area contributed by atoms with Crippen LogP contribution in [0.3, 0.4) is 0 Å². The summed E-state index contributed by atoms with van der Waals surface area (Å²) < 4.78 is 32.7. The van der Waals surface area contributed by atoms with Gasteiger partial charge in [0, 0.05) is 23.9 Å². The highest BCUT2D eigenvalue weighted by Crippen LogP contribution is 2.37. The van der Waals surface area contributed by atoms with Crippen molar-refractivity contribution in [2.24, 2.45) is 10.2 Å². The summed E-state index contributed by atoms with van der Waals surface area (Å²) in [4.78, 5) is -0.410. The van der Waals surface area contributed by atoms with Crippen molar-refractivity contribution in [3.63, 3.8) is 0 Å². The molecule has 0 saturated carbocycles. The molecule has 0 fully saturated rings. The predicted molar refractivity (Wildman–Crippen MR) is 126 cm³/mol. The Kier molecular flexibility index (Phi) is 7.61. The van der Waals surface area contributed by atoms with E-state index < -0.39 is 20.8 Å². The predicted octanol–water partition coefficient (Wildman–Crippen LogP) is 1.92. The van der Waals surface area contributed by atoms with Crippen LogP contribution in [0.25, 0.3) is 10.8 Å². The van der Waals surface area contributed by atoms with Crippen LogP contribution in [0.15, 0.2) is 45.4 Å². The summed E-state index contributed by atoms with van der Waals surface area (Å²) in [6.07, 6.45) is 0. The average Bonchev–Trinajstić information content (AvgIpc) is 2.70. The number of nitrogens with one attached hydrogen (secondary N) is 4. The van der Waals surface area contributed by atoms with E-state index in [1.807, 2.05) is 0 Å². The van der Waals surface area contributed by atoms with Crippen LogP contribution in [0.1, 0.15) is 13.8 Å².